The summed E-state index contributed by atoms with van der Waals surface area (Å²) in [4.78, 5) is 28.3. The monoisotopic (exact) mass is 292 g/mol. The van der Waals surface area contributed by atoms with Crippen molar-refractivity contribution in [2.24, 2.45) is 0 Å². The quantitative estimate of drug-likeness (QED) is 0.720. The van der Waals surface area contributed by atoms with Crippen LogP contribution >= 0.6 is 0 Å². The van der Waals surface area contributed by atoms with E-state index in [1.165, 1.54) is 0 Å². The van der Waals surface area contributed by atoms with Gasteiger partial charge in [-0.25, -0.2) is 4.63 Å². The first-order valence-corrected chi connectivity index (χ1v) is 7.18. The standard InChI is InChI=1S/C13H16N4O4/c1-8-11(15-21-14-8)12(19)16-5-3-13-9(16)7-10(18)17(13)4-2-6-20-13/h9H,2-7H2,1H3/t9-,13+/m1/s1. The summed E-state index contributed by atoms with van der Waals surface area (Å²) in [6.07, 6.45) is 1.82. The molecule has 0 bridgehead atoms. The molecule has 2 amide bonds. The number of aryl methyl sites for hydroxylation is 1. The first-order valence-electron chi connectivity index (χ1n) is 7.18. The third-order valence-corrected chi connectivity index (χ3v) is 4.73. The minimum atomic E-state index is -0.629. The number of carbonyl (C=O) groups is 2. The highest BCUT2D eigenvalue weighted by Gasteiger charge is 2.61. The molecule has 8 nitrogen and oxygen atoms in total. The minimum absolute atomic E-state index is 0.0622. The Bertz CT molecular complexity index is 615. The Morgan fingerprint density at radius 3 is 3.00 bits per heavy atom. The second-order valence-corrected chi connectivity index (χ2v) is 5.76. The highest BCUT2D eigenvalue weighted by molar-refractivity contribution is 5.94. The Balaban J connectivity index is 1.67. The maximum Gasteiger partial charge on any atom is 0.278 e. The van der Waals surface area contributed by atoms with Gasteiger partial charge in [-0.2, -0.15) is 0 Å². The Hall–Kier alpha value is -1.96. The van der Waals surface area contributed by atoms with E-state index in [-0.39, 0.29) is 23.6 Å². The molecule has 0 aliphatic carbocycles. The molecule has 0 unspecified atom stereocenters. The number of nitrogens with zero attached hydrogens (tertiary/aromatic N) is 4. The van der Waals surface area contributed by atoms with Crippen LogP contribution in [0.25, 0.3) is 0 Å². The highest BCUT2D eigenvalue weighted by atomic mass is 16.6. The molecule has 1 aromatic rings. The molecular formula is C13H16N4O4. The number of amides is 2. The molecule has 4 heterocycles. The lowest BCUT2D eigenvalue weighted by molar-refractivity contribution is -0.179. The van der Waals surface area contributed by atoms with Gasteiger partial charge in [0.05, 0.1) is 19.1 Å². The lowest BCUT2D eigenvalue weighted by Crippen LogP contribution is -2.56. The van der Waals surface area contributed by atoms with E-state index in [4.69, 9.17) is 4.74 Å². The lowest BCUT2D eigenvalue weighted by atomic mass is 10.0. The van der Waals surface area contributed by atoms with Crippen LogP contribution in [0.5, 0.6) is 0 Å². The van der Waals surface area contributed by atoms with Crippen molar-refractivity contribution in [2.45, 2.75) is 38.0 Å². The number of likely N-dealkylation sites (tertiary alicyclic amines) is 1. The summed E-state index contributed by atoms with van der Waals surface area (Å²) in [5, 5.41) is 7.33. The first kappa shape index (κ1) is 12.8. The second kappa shape index (κ2) is 4.27. The molecule has 0 saturated carbocycles. The van der Waals surface area contributed by atoms with Crippen LogP contribution in [0.1, 0.15) is 35.4 Å². The number of ether oxygens (including phenoxy) is 1. The van der Waals surface area contributed by atoms with Crippen LogP contribution in [-0.4, -0.2) is 63.4 Å². The Morgan fingerprint density at radius 1 is 1.38 bits per heavy atom. The number of aromatic nitrogens is 2. The van der Waals surface area contributed by atoms with Crippen LogP contribution in [0.2, 0.25) is 0 Å². The number of hydrogen-bond acceptors (Lipinski definition) is 6. The number of hydrogen-bond donors (Lipinski definition) is 0. The van der Waals surface area contributed by atoms with Crippen molar-refractivity contribution in [1.29, 1.82) is 0 Å². The minimum Gasteiger partial charge on any atom is -0.353 e. The molecule has 0 aromatic carbocycles. The SMILES string of the molecule is Cc1nonc1C(=O)N1CC[C@@]23OCCCN2C(=O)C[C@@H]13. The van der Waals surface area contributed by atoms with Crippen molar-refractivity contribution < 1.29 is 19.0 Å². The van der Waals surface area contributed by atoms with E-state index in [9.17, 15) is 9.59 Å². The van der Waals surface area contributed by atoms with Crippen LogP contribution in [0.15, 0.2) is 4.63 Å². The molecule has 1 aromatic heterocycles. The molecule has 0 N–H and O–H groups in total. The van der Waals surface area contributed by atoms with Gasteiger partial charge >= 0.3 is 0 Å². The second-order valence-electron chi connectivity index (χ2n) is 5.76. The van der Waals surface area contributed by atoms with E-state index in [1.807, 2.05) is 4.90 Å². The topological polar surface area (TPSA) is 88.8 Å². The Morgan fingerprint density at radius 2 is 2.24 bits per heavy atom. The summed E-state index contributed by atoms with van der Waals surface area (Å²) in [6.45, 7) is 3.58. The zero-order valence-electron chi connectivity index (χ0n) is 11.7. The van der Waals surface area contributed by atoms with Crippen molar-refractivity contribution in [2.75, 3.05) is 19.7 Å². The molecule has 1 spiro atoms. The fraction of sp³-hybridized carbons (Fsp3) is 0.692. The molecule has 3 fully saturated rings. The summed E-state index contributed by atoms with van der Waals surface area (Å²) >= 11 is 0. The van der Waals surface area contributed by atoms with Crippen LogP contribution in [0, 0.1) is 6.92 Å². The summed E-state index contributed by atoms with van der Waals surface area (Å²) in [5.74, 6) is -0.174. The normalized spacial score (nSPS) is 31.5. The van der Waals surface area contributed by atoms with Crippen molar-refractivity contribution in [1.82, 2.24) is 20.1 Å². The van der Waals surface area contributed by atoms with Gasteiger partial charge in [-0.05, 0) is 18.5 Å². The number of carbonyl (C=O) groups excluding carboxylic acids is 2. The lowest BCUT2D eigenvalue weighted by Gasteiger charge is -2.42. The van der Waals surface area contributed by atoms with E-state index in [0.29, 0.717) is 38.2 Å². The maximum atomic E-state index is 12.6. The third kappa shape index (κ3) is 1.59. The van der Waals surface area contributed by atoms with E-state index in [0.717, 1.165) is 6.42 Å². The zero-order chi connectivity index (χ0) is 14.6. The van der Waals surface area contributed by atoms with Gasteiger partial charge in [-0.3, -0.25) is 9.59 Å². The molecule has 21 heavy (non-hydrogen) atoms. The molecule has 3 aliphatic heterocycles. The van der Waals surface area contributed by atoms with Crippen molar-refractivity contribution in [3.05, 3.63) is 11.4 Å². The van der Waals surface area contributed by atoms with E-state index in [1.54, 1.807) is 11.8 Å². The van der Waals surface area contributed by atoms with Gasteiger partial charge in [-0.15, -0.1) is 0 Å². The molecule has 112 valence electrons. The average Bonchev–Trinajstić information content (AvgIpc) is 3.11. The summed E-state index contributed by atoms with van der Waals surface area (Å²) in [5.41, 5.74) is 0.0521. The Kier molecular flexibility index (Phi) is 2.59. The zero-order valence-corrected chi connectivity index (χ0v) is 11.7. The molecule has 0 radical (unpaired) electrons. The van der Waals surface area contributed by atoms with Gasteiger partial charge in [0.1, 0.15) is 5.69 Å². The average molecular weight is 292 g/mol. The van der Waals surface area contributed by atoms with Crippen molar-refractivity contribution in [3.63, 3.8) is 0 Å². The fourth-order valence-corrected chi connectivity index (χ4v) is 3.75. The smallest absolute Gasteiger partial charge is 0.278 e. The van der Waals surface area contributed by atoms with Crippen LogP contribution in [-0.2, 0) is 9.53 Å². The van der Waals surface area contributed by atoms with E-state index in [2.05, 4.69) is 14.9 Å². The number of rotatable bonds is 1. The molecule has 8 heteroatoms. The fourth-order valence-electron chi connectivity index (χ4n) is 3.75. The summed E-state index contributed by atoms with van der Waals surface area (Å²) in [6, 6.07) is -0.242. The third-order valence-electron chi connectivity index (χ3n) is 4.73. The van der Waals surface area contributed by atoms with Gasteiger partial charge in [0.15, 0.2) is 11.4 Å². The van der Waals surface area contributed by atoms with Gasteiger partial charge in [-0.1, -0.05) is 5.16 Å². The van der Waals surface area contributed by atoms with Crippen molar-refractivity contribution in [3.8, 4) is 0 Å². The molecule has 3 aliphatic rings. The molecular weight excluding hydrogens is 276 g/mol. The van der Waals surface area contributed by atoms with Gasteiger partial charge < -0.3 is 14.5 Å². The van der Waals surface area contributed by atoms with E-state index >= 15 is 0 Å². The summed E-state index contributed by atoms with van der Waals surface area (Å²) < 4.78 is 10.6. The van der Waals surface area contributed by atoms with Gasteiger partial charge in [0.25, 0.3) is 5.91 Å². The van der Waals surface area contributed by atoms with Crippen molar-refractivity contribution >= 4 is 11.8 Å². The predicted molar refractivity (Wildman–Crippen MR) is 68.1 cm³/mol. The summed E-state index contributed by atoms with van der Waals surface area (Å²) in [7, 11) is 0. The molecule has 2 atom stereocenters. The Labute approximate surface area is 121 Å². The van der Waals surface area contributed by atoms with Crippen LogP contribution in [0.4, 0.5) is 0 Å². The maximum absolute atomic E-state index is 12.6. The van der Waals surface area contributed by atoms with Crippen LogP contribution < -0.4 is 0 Å². The highest BCUT2D eigenvalue weighted by Crippen LogP contribution is 2.45. The molecule has 4 rings (SSSR count). The van der Waals surface area contributed by atoms with Crippen LogP contribution in [0.3, 0.4) is 0 Å². The molecule has 3 saturated heterocycles. The first-order chi connectivity index (χ1) is 10.1. The van der Waals surface area contributed by atoms with Gasteiger partial charge in [0.2, 0.25) is 5.91 Å². The largest absolute Gasteiger partial charge is 0.353 e. The predicted octanol–water partition coefficient (Wildman–Crippen LogP) is -0.0586. The van der Waals surface area contributed by atoms with Gasteiger partial charge in [0, 0.05) is 19.5 Å². The van der Waals surface area contributed by atoms with E-state index < -0.39 is 5.72 Å².